The van der Waals surface area contributed by atoms with E-state index in [1.54, 1.807) is 0 Å². The van der Waals surface area contributed by atoms with Gasteiger partial charge in [-0.05, 0) is 24.6 Å². The molecule has 0 aliphatic rings. The quantitative estimate of drug-likeness (QED) is 0.813. The zero-order chi connectivity index (χ0) is 15.3. The van der Waals surface area contributed by atoms with Gasteiger partial charge < -0.3 is 19.9 Å². The normalized spacial score (nSPS) is 12.1. The number of hydrogen-bond acceptors (Lipinski definition) is 5. The SMILES string of the molecule is CCOC(=O)C(F)(F)[C@H](N)c1ccc(OC)c(OC)c1.Cl. The van der Waals surface area contributed by atoms with Crippen molar-refractivity contribution in [1.29, 1.82) is 0 Å². The lowest BCUT2D eigenvalue weighted by Crippen LogP contribution is -2.41. The standard InChI is InChI=1S/C13H17F2NO4.ClH/c1-4-20-12(17)13(14,15)11(16)8-5-6-9(18-2)10(7-8)19-3;/h5-7,11H,4,16H2,1-3H3;1H/t11-;/m1./s1. The third kappa shape index (κ3) is 4.18. The van der Waals surface area contributed by atoms with Crippen LogP contribution in [0.15, 0.2) is 18.2 Å². The van der Waals surface area contributed by atoms with Crippen LogP contribution >= 0.6 is 12.4 Å². The Morgan fingerprint density at radius 1 is 1.29 bits per heavy atom. The van der Waals surface area contributed by atoms with Gasteiger partial charge in [0.2, 0.25) is 0 Å². The van der Waals surface area contributed by atoms with Crippen molar-refractivity contribution in [2.75, 3.05) is 20.8 Å². The molecule has 2 N–H and O–H groups in total. The van der Waals surface area contributed by atoms with Gasteiger partial charge in [0.1, 0.15) is 6.04 Å². The molecule has 1 atom stereocenters. The Balaban J connectivity index is 0.00000400. The van der Waals surface area contributed by atoms with Crippen LogP contribution in [0.2, 0.25) is 0 Å². The zero-order valence-electron chi connectivity index (χ0n) is 11.9. The van der Waals surface area contributed by atoms with Gasteiger partial charge in [0.15, 0.2) is 11.5 Å². The average Bonchev–Trinajstić information content (AvgIpc) is 2.45. The van der Waals surface area contributed by atoms with Crippen molar-refractivity contribution < 1.29 is 27.8 Å². The average molecular weight is 326 g/mol. The molecule has 120 valence electrons. The minimum atomic E-state index is -3.82. The first kappa shape index (κ1) is 19.4. The van der Waals surface area contributed by atoms with E-state index < -0.39 is 17.9 Å². The lowest BCUT2D eigenvalue weighted by atomic mass is 10.0. The molecule has 0 aromatic heterocycles. The molecular formula is C13H18ClF2NO4. The van der Waals surface area contributed by atoms with E-state index in [1.807, 2.05) is 0 Å². The number of benzene rings is 1. The van der Waals surface area contributed by atoms with Gasteiger partial charge in [-0.25, -0.2) is 4.79 Å². The first-order valence-corrected chi connectivity index (χ1v) is 5.91. The van der Waals surface area contributed by atoms with E-state index in [9.17, 15) is 13.6 Å². The minimum Gasteiger partial charge on any atom is -0.493 e. The van der Waals surface area contributed by atoms with Crippen LogP contribution in [-0.4, -0.2) is 32.7 Å². The van der Waals surface area contributed by atoms with Crippen molar-refractivity contribution in [2.45, 2.75) is 18.9 Å². The zero-order valence-corrected chi connectivity index (χ0v) is 12.7. The number of carbonyl (C=O) groups is 1. The smallest absolute Gasteiger partial charge is 0.379 e. The second-order valence-corrected chi connectivity index (χ2v) is 3.94. The van der Waals surface area contributed by atoms with Crippen molar-refractivity contribution in [3.63, 3.8) is 0 Å². The van der Waals surface area contributed by atoms with Gasteiger partial charge >= 0.3 is 11.9 Å². The summed E-state index contributed by atoms with van der Waals surface area (Å²) in [5.74, 6) is -4.85. The number of halogens is 3. The highest BCUT2D eigenvalue weighted by molar-refractivity contribution is 5.85. The van der Waals surface area contributed by atoms with Gasteiger partial charge in [0, 0.05) is 0 Å². The number of carbonyl (C=O) groups excluding carboxylic acids is 1. The van der Waals surface area contributed by atoms with Gasteiger partial charge in [-0.2, -0.15) is 8.78 Å². The molecule has 0 saturated heterocycles. The van der Waals surface area contributed by atoms with Gasteiger partial charge in [0.25, 0.3) is 0 Å². The molecule has 0 fully saturated rings. The summed E-state index contributed by atoms with van der Waals surface area (Å²) in [6.45, 7) is 1.29. The van der Waals surface area contributed by atoms with Crippen molar-refractivity contribution in [2.24, 2.45) is 5.73 Å². The lowest BCUT2D eigenvalue weighted by molar-refractivity contribution is -0.174. The number of ether oxygens (including phenoxy) is 3. The lowest BCUT2D eigenvalue weighted by Gasteiger charge is -2.22. The Morgan fingerprint density at radius 2 is 1.86 bits per heavy atom. The summed E-state index contributed by atoms with van der Waals surface area (Å²) < 4.78 is 42.0. The highest BCUT2D eigenvalue weighted by Crippen LogP contribution is 2.35. The van der Waals surface area contributed by atoms with Crippen LogP contribution in [-0.2, 0) is 9.53 Å². The van der Waals surface area contributed by atoms with Gasteiger partial charge in [-0.1, -0.05) is 6.07 Å². The molecule has 0 spiro atoms. The van der Waals surface area contributed by atoms with Crippen LogP contribution in [0.4, 0.5) is 8.78 Å². The maximum absolute atomic E-state index is 13.8. The van der Waals surface area contributed by atoms with E-state index in [-0.39, 0.29) is 30.3 Å². The number of esters is 1. The van der Waals surface area contributed by atoms with Crippen LogP contribution in [0.5, 0.6) is 11.5 Å². The van der Waals surface area contributed by atoms with Crippen molar-refractivity contribution in [3.8, 4) is 11.5 Å². The summed E-state index contributed by atoms with van der Waals surface area (Å²) in [5.41, 5.74) is 5.51. The molecule has 21 heavy (non-hydrogen) atoms. The number of hydrogen-bond donors (Lipinski definition) is 1. The van der Waals surface area contributed by atoms with Crippen LogP contribution in [0.25, 0.3) is 0 Å². The summed E-state index contributed by atoms with van der Waals surface area (Å²) in [4.78, 5) is 11.2. The highest BCUT2D eigenvalue weighted by Gasteiger charge is 2.47. The predicted octanol–water partition coefficient (Wildman–Crippen LogP) is 2.32. The van der Waals surface area contributed by atoms with E-state index in [2.05, 4.69) is 4.74 Å². The molecule has 8 heteroatoms. The molecule has 0 heterocycles. The largest absolute Gasteiger partial charge is 0.493 e. The maximum atomic E-state index is 13.8. The van der Waals surface area contributed by atoms with Gasteiger partial charge in [-0.15, -0.1) is 12.4 Å². The van der Waals surface area contributed by atoms with Crippen LogP contribution in [0, 0.1) is 0 Å². The molecule has 0 bridgehead atoms. The minimum absolute atomic E-state index is 0. The predicted molar refractivity (Wildman–Crippen MR) is 75.3 cm³/mol. The maximum Gasteiger partial charge on any atom is 0.379 e. The monoisotopic (exact) mass is 325 g/mol. The van der Waals surface area contributed by atoms with Crippen molar-refractivity contribution in [3.05, 3.63) is 23.8 Å². The molecule has 1 aromatic carbocycles. The molecule has 1 aromatic rings. The number of nitrogens with two attached hydrogens (primary N) is 1. The molecule has 0 aliphatic heterocycles. The number of methoxy groups -OCH3 is 2. The topological polar surface area (TPSA) is 70.8 Å². The van der Waals surface area contributed by atoms with Crippen molar-refractivity contribution >= 4 is 18.4 Å². The van der Waals surface area contributed by atoms with Crippen LogP contribution in [0.3, 0.4) is 0 Å². The molecule has 5 nitrogen and oxygen atoms in total. The first-order chi connectivity index (χ1) is 9.38. The molecule has 0 saturated carbocycles. The molecule has 0 unspecified atom stereocenters. The van der Waals surface area contributed by atoms with E-state index >= 15 is 0 Å². The third-order valence-corrected chi connectivity index (χ3v) is 2.70. The molecule has 1 rings (SSSR count). The van der Waals surface area contributed by atoms with E-state index in [0.717, 1.165) is 0 Å². The molecule has 0 radical (unpaired) electrons. The first-order valence-electron chi connectivity index (χ1n) is 5.91. The Bertz CT molecular complexity index is 485. The van der Waals surface area contributed by atoms with E-state index in [1.165, 1.54) is 39.3 Å². The fourth-order valence-electron chi connectivity index (χ4n) is 1.61. The second-order valence-electron chi connectivity index (χ2n) is 3.94. The fraction of sp³-hybridized carbons (Fsp3) is 0.462. The Hall–Kier alpha value is -1.60. The third-order valence-electron chi connectivity index (χ3n) is 2.70. The van der Waals surface area contributed by atoms with E-state index in [4.69, 9.17) is 15.2 Å². The molecule has 0 amide bonds. The Kier molecular flexibility index (Phi) is 7.38. The number of rotatable bonds is 6. The van der Waals surface area contributed by atoms with Crippen LogP contribution < -0.4 is 15.2 Å². The summed E-state index contributed by atoms with van der Waals surface area (Å²) in [7, 11) is 2.79. The Morgan fingerprint density at radius 3 is 2.33 bits per heavy atom. The Labute approximate surface area is 127 Å². The van der Waals surface area contributed by atoms with Gasteiger partial charge in [0.05, 0.1) is 20.8 Å². The second kappa shape index (κ2) is 7.99. The van der Waals surface area contributed by atoms with Crippen molar-refractivity contribution in [1.82, 2.24) is 0 Å². The summed E-state index contributed by atoms with van der Waals surface area (Å²) in [6, 6.07) is 2.26. The highest BCUT2D eigenvalue weighted by atomic mass is 35.5. The molecule has 0 aliphatic carbocycles. The van der Waals surface area contributed by atoms with Gasteiger partial charge in [-0.3, -0.25) is 0 Å². The fourth-order valence-corrected chi connectivity index (χ4v) is 1.61. The molecular weight excluding hydrogens is 308 g/mol. The summed E-state index contributed by atoms with van der Waals surface area (Å²) in [6.07, 6.45) is 0. The summed E-state index contributed by atoms with van der Waals surface area (Å²) in [5, 5.41) is 0. The van der Waals surface area contributed by atoms with Crippen LogP contribution in [0.1, 0.15) is 18.5 Å². The van der Waals surface area contributed by atoms with E-state index in [0.29, 0.717) is 5.75 Å². The summed E-state index contributed by atoms with van der Waals surface area (Å²) >= 11 is 0. The number of alkyl halides is 2.